The summed E-state index contributed by atoms with van der Waals surface area (Å²) in [5.41, 5.74) is -3.98. The molecule has 12 atom stereocenters. The lowest BCUT2D eigenvalue weighted by atomic mass is 9.82. The number of hydrogen-bond acceptors (Lipinski definition) is 20. The Kier molecular flexibility index (Phi) is 30.0. The quantitative estimate of drug-likeness (QED) is 0.0979. The highest BCUT2D eigenvalue weighted by atomic mass is 32.2. The number of thioether (sulfide) groups is 1. The lowest BCUT2D eigenvalue weighted by Gasteiger charge is -2.26. The largest absolute Gasteiger partial charge is 0.507 e. The Morgan fingerprint density at radius 3 is 1.24 bits per heavy atom. The minimum absolute atomic E-state index is 0.00461. The van der Waals surface area contributed by atoms with Gasteiger partial charge in [0.15, 0.2) is 23.1 Å². The standard InChI is InChI=1S/C82H97N3O18S/c1-41-21-17-15-19-23-47(7)81(102)84-68-67(78(100)63-57(76(68)98)37-53(13)74(96)65(63)72(94)51(11)35-49(9)70(92)45(5)27-31-55(86)29-25-43(3)61(90)39-59(41)88)83-33-34-104-80-69-77(99)58-38-54(14)75(97)66(64(58)79(80)101)73(95)52(12)36-50(10)71(93)46(6)28-32-56(87)30-26-44(4)62(91)40-60(89)42(2)22-18-16-20-24-48(8)82(103)85-69/h15-28,31-32,35-38,41-42,45-46,49-50,55-56,59-60,70-71,83,86-89,92-93,96-97H,29-30,33-34,39-40H2,1-14H3,(H,84,102)(H,85,103)/b19-15+,20-16+,21-17+,22-18+,31-27+,32-28+,43-25-,44-26-,47-23-,48-24-,51-35+,52-36-/t41-,42-,45-,46-,49-,50-,55-,56-,59-,60-,70-,71-/m0/s1. The first-order valence-electron chi connectivity index (χ1n) is 34.6. The van der Waals surface area contributed by atoms with E-state index in [1.54, 1.807) is 116 Å². The molecule has 0 saturated carbocycles. The van der Waals surface area contributed by atoms with Crippen molar-refractivity contribution in [2.24, 2.45) is 35.5 Å². The maximum absolute atomic E-state index is 15.4. The number of aryl methyl sites for hydroxylation is 2. The van der Waals surface area contributed by atoms with Crippen LogP contribution in [-0.4, -0.2) is 148 Å². The van der Waals surface area contributed by atoms with Crippen LogP contribution in [0.1, 0.15) is 182 Å². The van der Waals surface area contributed by atoms with Crippen molar-refractivity contribution >= 4 is 69.8 Å². The Hall–Kier alpha value is -9.39. The first-order valence-corrected chi connectivity index (χ1v) is 35.6. The third kappa shape index (κ3) is 20.7. The number of phenols is 2. The van der Waals surface area contributed by atoms with Gasteiger partial charge in [-0.1, -0.05) is 151 Å². The molecular weight excluding hydrogens is 1350 g/mol. The Morgan fingerprint density at radius 2 is 0.817 bits per heavy atom. The Bertz CT molecular complexity index is 3980. The maximum Gasteiger partial charge on any atom is 0.251 e. The number of rotatable bonds is 5. The van der Waals surface area contributed by atoms with E-state index in [0.29, 0.717) is 22.9 Å². The fourth-order valence-corrected chi connectivity index (χ4v) is 12.9. The van der Waals surface area contributed by atoms with Gasteiger partial charge in [0.05, 0.1) is 58.2 Å². The number of Topliss-reactive ketones (excluding diaryl/α,β-unsaturated/α-hetero) is 8. The smallest absolute Gasteiger partial charge is 0.251 e. The molecule has 104 heavy (non-hydrogen) atoms. The maximum atomic E-state index is 15.4. The lowest BCUT2D eigenvalue weighted by molar-refractivity contribution is -0.118. The molecular formula is C82H97N3O18S. The highest BCUT2D eigenvalue weighted by Crippen LogP contribution is 2.41. The van der Waals surface area contributed by atoms with Crippen molar-refractivity contribution in [3.05, 3.63) is 221 Å². The minimum Gasteiger partial charge on any atom is -0.507 e. The van der Waals surface area contributed by atoms with E-state index in [1.165, 1.54) is 102 Å². The van der Waals surface area contributed by atoms with Gasteiger partial charge >= 0.3 is 0 Å². The molecule has 0 fully saturated rings. The molecule has 0 saturated heterocycles. The van der Waals surface area contributed by atoms with Gasteiger partial charge in [0.2, 0.25) is 23.1 Å². The summed E-state index contributed by atoms with van der Waals surface area (Å²) in [4.78, 5) is 145. The normalized spacial score (nSPS) is 31.3. The highest BCUT2D eigenvalue weighted by molar-refractivity contribution is 8.04. The molecule has 554 valence electrons. The van der Waals surface area contributed by atoms with Crippen LogP contribution >= 0.6 is 11.8 Å². The van der Waals surface area contributed by atoms with E-state index in [9.17, 15) is 69.6 Å². The molecule has 0 spiro atoms. The van der Waals surface area contributed by atoms with Gasteiger partial charge in [-0.2, -0.15) is 0 Å². The van der Waals surface area contributed by atoms with Crippen molar-refractivity contribution in [1.82, 2.24) is 16.0 Å². The van der Waals surface area contributed by atoms with E-state index in [0.717, 1.165) is 0 Å². The second-order valence-corrected chi connectivity index (χ2v) is 28.5. The number of fused-ring (bicyclic) bond motifs is 36. The number of benzene rings is 2. The van der Waals surface area contributed by atoms with Crippen molar-refractivity contribution in [2.75, 3.05) is 12.3 Å². The molecule has 0 radical (unpaired) electrons. The third-order valence-electron chi connectivity index (χ3n) is 18.9. The number of amides is 2. The highest BCUT2D eigenvalue weighted by Gasteiger charge is 2.42. The predicted molar refractivity (Wildman–Crippen MR) is 399 cm³/mol. The van der Waals surface area contributed by atoms with Gasteiger partial charge in [0.1, 0.15) is 28.6 Å². The first kappa shape index (κ1) is 83.6. The summed E-state index contributed by atoms with van der Waals surface area (Å²) in [6.45, 7) is 21.2. The van der Waals surface area contributed by atoms with E-state index in [2.05, 4.69) is 16.0 Å². The minimum atomic E-state index is -1.16. The van der Waals surface area contributed by atoms with E-state index < -0.39 is 181 Å². The molecule has 8 rings (SSSR count). The van der Waals surface area contributed by atoms with Gasteiger partial charge in [-0.25, -0.2) is 0 Å². The molecule has 2 aromatic carbocycles. The molecule has 0 aromatic heterocycles. The number of hydrogen-bond donors (Lipinski definition) is 11. The summed E-state index contributed by atoms with van der Waals surface area (Å²) in [5, 5.41) is 98.2. The zero-order chi connectivity index (χ0) is 77.5. The SMILES string of the molecule is C/C1=C/C[C@H](O)/C=C/[C@H](C)[C@H](O)[C@@H](C)/C=C(\C)C(=O)c2c(O)c(C)cc3c2C(=O)C(NCCSC2=C4NC(=O)\C(C)=C/C=C/C=C/[C@H](C)[C@@H](O)CC(=O)/C(C)=C\C[C@H](O)/C=C/[C@H](C)[C@H](O)[C@@H](C)/C=C(/C)C(=O)c5c(O)c(C)cc(c5C2=O)C4=O)=C(NC(=O)\C(C)=C/C=C/C=C/[C@H](C)[C@@H](O)CC1=O)C3=O. The van der Waals surface area contributed by atoms with Gasteiger partial charge in [-0.3, -0.25) is 47.9 Å². The second kappa shape index (κ2) is 37.4. The van der Waals surface area contributed by atoms with Crippen molar-refractivity contribution in [2.45, 2.75) is 159 Å². The van der Waals surface area contributed by atoms with E-state index in [1.807, 2.05) is 0 Å². The summed E-state index contributed by atoms with van der Waals surface area (Å²) in [7, 11) is 0. The topological polar surface area (TPSA) is 369 Å². The molecule has 0 unspecified atom stereocenters. The van der Waals surface area contributed by atoms with Crippen LogP contribution in [0.15, 0.2) is 177 Å². The molecule has 6 aliphatic rings. The number of phenolic OH excluding ortho intramolecular Hbond substituents is 2. The number of carbonyl (C=O) groups is 10. The number of aliphatic hydroxyl groups is 6. The molecule has 4 aliphatic heterocycles. The van der Waals surface area contributed by atoms with Crippen molar-refractivity contribution in [3.63, 3.8) is 0 Å². The molecule has 11 N–H and O–H groups in total. The number of aliphatic hydroxyl groups excluding tert-OH is 6. The summed E-state index contributed by atoms with van der Waals surface area (Å²) in [5.74, 6) is -13.6. The fourth-order valence-electron chi connectivity index (χ4n) is 11.9. The van der Waals surface area contributed by atoms with Crippen LogP contribution in [0, 0.1) is 49.4 Å². The van der Waals surface area contributed by atoms with Crippen LogP contribution in [0.5, 0.6) is 11.5 Å². The zero-order valence-corrected chi connectivity index (χ0v) is 62.1. The van der Waals surface area contributed by atoms with Crippen molar-refractivity contribution in [1.29, 1.82) is 0 Å². The molecule has 21 nitrogen and oxygen atoms in total. The van der Waals surface area contributed by atoms with E-state index in [-0.39, 0.29) is 87.5 Å². The lowest BCUT2D eigenvalue weighted by Crippen LogP contribution is -2.40. The van der Waals surface area contributed by atoms with Crippen LogP contribution in [0.2, 0.25) is 0 Å². The number of carbonyl (C=O) groups excluding carboxylic acids is 10. The van der Waals surface area contributed by atoms with Gasteiger partial charge in [-0.15, -0.1) is 11.8 Å². The predicted octanol–water partition coefficient (Wildman–Crippen LogP) is 10.2. The number of ketones is 8. The first-order chi connectivity index (χ1) is 48.9. The van der Waals surface area contributed by atoms with E-state index in [4.69, 9.17) is 0 Å². The summed E-state index contributed by atoms with van der Waals surface area (Å²) >= 11 is 0.667. The average Bonchev–Trinajstić information content (AvgIpc) is 0.744. The fraction of sp³-hybridized carbons (Fsp3) is 0.390. The summed E-state index contributed by atoms with van der Waals surface area (Å²) in [6, 6.07) is 2.40. The van der Waals surface area contributed by atoms with Crippen LogP contribution < -0.4 is 16.0 Å². The zero-order valence-electron chi connectivity index (χ0n) is 61.3. The van der Waals surface area contributed by atoms with Crippen LogP contribution in [0.25, 0.3) is 0 Å². The molecule has 22 heteroatoms. The van der Waals surface area contributed by atoms with Crippen molar-refractivity contribution < 1.29 is 88.8 Å². The summed E-state index contributed by atoms with van der Waals surface area (Å²) < 4.78 is 0. The van der Waals surface area contributed by atoms with Gasteiger partial charge in [0.25, 0.3) is 11.8 Å². The van der Waals surface area contributed by atoms with Crippen LogP contribution in [0.4, 0.5) is 0 Å². The Labute approximate surface area is 611 Å². The number of aromatic hydroxyl groups is 2. The van der Waals surface area contributed by atoms with Gasteiger partial charge in [0, 0.05) is 88.5 Å². The van der Waals surface area contributed by atoms with Crippen molar-refractivity contribution in [3.8, 4) is 11.5 Å². The van der Waals surface area contributed by atoms with Gasteiger partial charge in [-0.05, 0) is 114 Å². The summed E-state index contributed by atoms with van der Waals surface area (Å²) in [6.07, 6.45) is 20.5. The molecule has 4 heterocycles. The molecule has 2 amide bonds. The van der Waals surface area contributed by atoms with E-state index >= 15 is 19.2 Å². The van der Waals surface area contributed by atoms with Gasteiger partial charge < -0.3 is 56.8 Å². The average molecular weight is 1440 g/mol. The van der Waals surface area contributed by atoms with Crippen LogP contribution in [-0.2, 0) is 19.2 Å². The molecule has 2 aliphatic carbocycles. The monoisotopic (exact) mass is 1440 g/mol. The Morgan fingerprint density at radius 1 is 0.423 bits per heavy atom. The number of nitrogens with one attached hydrogen (secondary N) is 3. The second-order valence-electron chi connectivity index (χ2n) is 27.4. The third-order valence-corrected chi connectivity index (χ3v) is 20.0. The molecule has 2 aromatic rings. The van der Waals surface area contributed by atoms with Crippen LogP contribution in [0.3, 0.4) is 0 Å². The molecule has 8 bridgehead atoms. The number of allylic oxidation sites excluding steroid dienone is 16. The Balaban J connectivity index is 1.47.